The molecule has 0 heterocycles. The summed E-state index contributed by atoms with van der Waals surface area (Å²) in [5, 5.41) is 2.95. The quantitative estimate of drug-likeness (QED) is 0.688. The minimum Gasteiger partial charge on any atom is -0.351 e. The van der Waals surface area contributed by atoms with Gasteiger partial charge in [0.1, 0.15) is 0 Å². The summed E-state index contributed by atoms with van der Waals surface area (Å²) in [7, 11) is 0. The lowest BCUT2D eigenvalue weighted by atomic mass is 9.86. The SMILES string of the molecule is CCOC(CNC(=O)CC1CC2CCC1C2)OCC. The Balaban J connectivity index is 1.66. The lowest BCUT2D eigenvalue weighted by Crippen LogP contribution is -2.36. The van der Waals surface area contributed by atoms with Crippen LogP contribution in [-0.4, -0.2) is 32.0 Å². The van der Waals surface area contributed by atoms with Crippen LogP contribution in [0.4, 0.5) is 0 Å². The third kappa shape index (κ3) is 4.18. The van der Waals surface area contributed by atoms with Crippen molar-refractivity contribution in [1.82, 2.24) is 5.32 Å². The molecule has 1 amide bonds. The van der Waals surface area contributed by atoms with Crippen molar-refractivity contribution in [3.8, 4) is 0 Å². The highest BCUT2D eigenvalue weighted by Gasteiger charge is 2.40. The number of hydrogen-bond donors (Lipinski definition) is 1. The number of carbonyl (C=O) groups excluding carboxylic acids is 1. The van der Waals surface area contributed by atoms with Gasteiger partial charge in [-0.25, -0.2) is 0 Å². The van der Waals surface area contributed by atoms with Gasteiger partial charge in [0.05, 0.1) is 6.54 Å². The lowest BCUT2D eigenvalue weighted by Gasteiger charge is -2.22. The highest BCUT2D eigenvalue weighted by atomic mass is 16.7. The van der Waals surface area contributed by atoms with E-state index in [1.54, 1.807) is 0 Å². The normalized spacial score (nSPS) is 29.1. The standard InChI is InChI=1S/C15H27NO3/c1-3-18-15(19-4-2)10-16-14(17)9-13-8-11-5-6-12(13)7-11/h11-13,15H,3-10H2,1-2H3,(H,16,17). The van der Waals surface area contributed by atoms with Crippen LogP contribution in [0.1, 0.15) is 46.0 Å². The van der Waals surface area contributed by atoms with Gasteiger partial charge >= 0.3 is 0 Å². The molecular weight excluding hydrogens is 242 g/mol. The van der Waals surface area contributed by atoms with Gasteiger partial charge in [0.15, 0.2) is 6.29 Å². The predicted octanol–water partition coefficient (Wildman–Crippen LogP) is 2.33. The van der Waals surface area contributed by atoms with Crippen molar-refractivity contribution >= 4 is 5.91 Å². The van der Waals surface area contributed by atoms with Crippen LogP contribution in [0.15, 0.2) is 0 Å². The highest BCUT2D eigenvalue weighted by Crippen LogP contribution is 2.49. The Morgan fingerprint density at radius 1 is 1.21 bits per heavy atom. The van der Waals surface area contributed by atoms with Crippen molar-refractivity contribution in [2.45, 2.75) is 52.2 Å². The molecule has 1 N–H and O–H groups in total. The molecule has 2 saturated carbocycles. The van der Waals surface area contributed by atoms with Crippen LogP contribution in [0.25, 0.3) is 0 Å². The molecule has 0 aromatic heterocycles. The summed E-state index contributed by atoms with van der Waals surface area (Å²) >= 11 is 0. The molecule has 3 unspecified atom stereocenters. The van der Waals surface area contributed by atoms with Crippen LogP contribution < -0.4 is 5.32 Å². The molecule has 0 radical (unpaired) electrons. The summed E-state index contributed by atoms with van der Waals surface area (Å²) in [6, 6.07) is 0. The van der Waals surface area contributed by atoms with Crippen molar-refractivity contribution in [1.29, 1.82) is 0 Å². The summed E-state index contributed by atoms with van der Waals surface area (Å²) in [6.07, 6.45) is 5.73. The third-order valence-corrected chi connectivity index (χ3v) is 4.50. The molecule has 0 aromatic rings. The van der Waals surface area contributed by atoms with E-state index in [0.717, 1.165) is 11.8 Å². The highest BCUT2D eigenvalue weighted by molar-refractivity contribution is 5.76. The second-order valence-electron chi connectivity index (χ2n) is 5.78. The molecule has 2 bridgehead atoms. The maximum Gasteiger partial charge on any atom is 0.220 e. The van der Waals surface area contributed by atoms with Crippen LogP contribution in [0.2, 0.25) is 0 Å². The average Bonchev–Trinajstić information content (AvgIpc) is 2.99. The molecule has 0 spiro atoms. The van der Waals surface area contributed by atoms with E-state index in [-0.39, 0.29) is 12.2 Å². The molecule has 2 fully saturated rings. The van der Waals surface area contributed by atoms with Gasteiger partial charge in [-0.05, 0) is 50.9 Å². The van der Waals surface area contributed by atoms with Crippen LogP contribution in [0.3, 0.4) is 0 Å². The molecule has 0 aromatic carbocycles. The van der Waals surface area contributed by atoms with E-state index in [1.165, 1.54) is 25.7 Å². The zero-order valence-corrected chi connectivity index (χ0v) is 12.2. The second-order valence-corrected chi connectivity index (χ2v) is 5.78. The first-order valence-electron chi connectivity index (χ1n) is 7.72. The number of fused-ring (bicyclic) bond motifs is 2. The fourth-order valence-corrected chi connectivity index (χ4v) is 3.67. The Kier molecular flexibility index (Phi) is 5.64. The molecule has 4 nitrogen and oxygen atoms in total. The lowest BCUT2D eigenvalue weighted by molar-refractivity contribution is -0.141. The van der Waals surface area contributed by atoms with Gasteiger partial charge in [-0.3, -0.25) is 4.79 Å². The molecule has 3 atom stereocenters. The van der Waals surface area contributed by atoms with E-state index in [4.69, 9.17) is 9.47 Å². The van der Waals surface area contributed by atoms with Crippen LogP contribution in [-0.2, 0) is 14.3 Å². The number of rotatable bonds is 8. The van der Waals surface area contributed by atoms with Gasteiger partial charge in [-0.1, -0.05) is 6.42 Å². The van der Waals surface area contributed by atoms with Gasteiger partial charge in [0.2, 0.25) is 5.91 Å². The topological polar surface area (TPSA) is 47.6 Å². The monoisotopic (exact) mass is 269 g/mol. The number of hydrogen-bond acceptors (Lipinski definition) is 3. The Morgan fingerprint density at radius 3 is 2.47 bits per heavy atom. The predicted molar refractivity (Wildman–Crippen MR) is 73.6 cm³/mol. The summed E-state index contributed by atoms with van der Waals surface area (Å²) < 4.78 is 10.8. The minimum atomic E-state index is -0.307. The van der Waals surface area contributed by atoms with E-state index in [2.05, 4.69) is 5.32 Å². The van der Waals surface area contributed by atoms with E-state index in [1.807, 2.05) is 13.8 Å². The Labute approximate surface area is 116 Å². The van der Waals surface area contributed by atoms with Gasteiger partial charge in [0.25, 0.3) is 0 Å². The summed E-state index contributed by atoms with van der Waals surface area (Å²) in [4.78, 5) is 12.0. The Hall–Kier alpha value is -0.610. The minimum absolute atomic E-state index is 0.155. The van der Waals surface area contributed by atoms with Crippen LogP contribution in [0.5, 0.6) is 0 Å². The number of amides is 1. The first kappa shape index (κ1) is 14.8. The smallest absolute Gasteiger partial charge is 0.220 e. The molecule has 2 aliphatic rings. The van der Waals surface area contributed by atoms with Crippen LogP contribution in [0, 0.1) is 17.8 Å². The van der Waals surface area contributed by atoms with Crippen molar-refractivity contribution in [3.05, 3.63) is 0 Å². The second kappa shape index (κ2) is 7.25. The van der Waals surface area contributed by atoms with Gasteiger partial charge in [-0.2, -0.15) is 0 Å². The van der Waals surface area contributed by atoms with Crippen molar-refractivity contribution in [2.75, 3.05) is 19.8 Å². The van der Waals surface area contributed by atoms with Gasteiger partial charge < -0.3 is 14.8 Å². The average molecular weight is 269 g/mol. The summed E-state index contributed by atoms with van der Waals surface area (Å²) in [5.74, 6) is 2.49. The van der Waals surface area contributed by atoms with Crippen molar-refractivity contribution < 1.29 is 14.3 Å². The zero-order valence-electron chi connectivity index (χ0n) is 12.2. The largest absolute Gasteiger partial charge is 0.351 e. The van der Waals surface area contributed by atoms with Gasteiger partial charge in [0, 0.05) is 19.6 Å². The van der Waals surface area contributed by atoms with Gasteiger partial charge in [-0.15, -0.1) is 0 Å². The number of nitrogens with one attached hydrogen (secondary N) is 1. The molecule has 19 heavy (non-hydrogen) atoms. The fraction of sp³-hybridized carbons (Fsp3) is 0.933. The van der Waals surface area contributed by atoms with Crippen molar-refractivity contribution in [2.24, 2.45) is 17.8 Å². The van der Waals surface area contributed by atoms with E-state index < -0.39 is 0 Å². The molecule has 2 rings (SSSR count). The molecule has 0 saturated heterocycles. The Bertz CT molecular complexity index is 289. The number of ether oxygens (including phenoxy) is 2. The fourth-order valence-electron chi connectivity index (χ4n) is 3.67. The molecule has 2 aliphatic carbocycles. The maximum atomic E-state index is 12.0. The first-order chi connectivity index (χ1) is 9.22. The number of carbonyl (C=O) groups is 1. The first-order valence-corrected chi connectivity index (χ1v) is 7.72. The zero-order chi connectivity index (χ0) is 13.7. The Morgan fingerprint density at radius 2 is 1.95 bits per heavy atom. The van der Waals surface area contributed by atoms with E-state index in [9.17, 15) is 4.79 Å². The maximum absolute atomic E-state index is 12.0. The van der Waals surface area contributed by atoms with Crippen molar-refractivity contribution in [3.63, 3.8) is 0 Å². The molecule has 4 heteroatoms. The van der Waals surface area contributed by atoms with E-state index >= 15 is 0 Å². The summed E-state index contributed by atoms with van der Waals surface area (Å²) in [5.41, 5.74) is 0. The summed E-state index contributed by atoms with van der Waals surface area (Å²) in [6.45, 7) is 5.54. The van der Waals surface area contributed by atoms with Crippen LogP contribution >= 0.6 is 0 Å². The molecule has 110 valence electrons. The third-order valence-electron chi connectivity index (χ3n) is 4.50. The van der Waals surface area contributed by atoms with E-state index in [0.29, 0.717) is 32.1 Å². The molecule has 0 aliphatic heterocycles. The molecular formula is C15H27NO3.